The van der Waals surface area contributed by atoms with Crippen molar-refractivity contribution >= 4 is 18.5 Å². The van der Waals surface area contributed by atoms with Gasteiger partial charge in [0.05, 0.1) is 6.04 Å². The minimum absolute atomic E-state index is 0. The third kappa shape index (κ3) is 3.55. The van der Waals surface area contributed by atoms with Crippen molar-refractivity contribution in [1.29, 1.82) is 0 Å². The lowest BCUT2D eigenvalue weighted by molar-refractivity contribution is 0.0119. The van der Waals surface area contributed by atoms with Gasteiger partial charge in [-0.05, 0) is 48.1 Å². The van der Waals surface area contributed by atoms with Crippen molar-refractivity contribution in [3.63, 3.8) is 0 Å². The van der Waals surface area contributed by atoms with E-state index in [0.29, 0.717) is 6.54 Å². The minimum Gasteiger partial charge on any atom is -0.446 e. The number of amides is 1. The smallest absolute Gasteiger partial charge is 0.410 e. The Balaban J connectivity index is 0.00000196. The zero-order chi connectivity index (χ0) is 17.4. The SMILES string of the molecule is Cl.N[C@H]1C[C@H](OC(=O)N2CCc3ccccc3[C@@H]2c2ccc(F)cc2)C1. The van der Waals surface area contributed by atoms with E-state index in [0.717, 1.165) is 30.4 Å². The highest BCUT2D eigenvalue weighted by Crippen LogP contribution is 2.36. The van der Waals surface area contributed by atoms with Crippen molar-refractivity contribution < 1.29 is 13.9 Å². The highest BCUT2D eigenvalue weighted by Gasteiger charge is 2.36. The van der Waals surface area contributed by atoms with Gasteiger partial charge < -0.3 is 10.5 Å². The third-order valence-corrected chi connectivity index (χ3v) is 5.10. The monoisotopic (exact) mass is 376 g/mol. The first-order valence-corrected chi connectivity index (χ1v) is 8.68. The summed E-state index contributed by atoms with van der Waals surface area (Å²) >= 11 is 0. The van der Waals surface area contributed by atoms with Crippen molar-refractivity contribution in [2.45, 2.75) is 37.5 Å². The highest BCUT2D eigenvalue weighted by atomic mass is 35.5. The van der Waals surface area contributed by atoms with Crippen LogP contribution >= 0.6 is 12.4 Å². The molecule has 2 aromatic carbocycles. The molecule has 26 heavy (non-hydrogen) atoms. The van der Waals surface area contributed by atoms with E-state index in [1.165, 1.54) is 17.7 Å². The number of halogens is 2. The lowest BCUT2D eigenvalue weighted by Crippen LogP contribution is -2.47. The summed E-state index contributed by atoms with van der Waals surface area (Å²) in [7, 11) is 0. The number of nitrogens with zero attached hydrogens (tertiary/aromatic N) is 1. The summed E-state index contributed by atoms with van der Waals surface area (Å²) in [6.07, 6.45) is 1.82. The van der Waals surface area contributed by atoms with Gasteiger partial charge in [0.2, 0.25) is 0 Å². The lowest BCUT2D eigenvalue weighted by atomic mass is 9.88. The largest absolute Gasteiger partial charge is 0.446 e. The van der Waals surface area contributed by atoms with Gasteiger partial charge in [0.1, 0.15) is 11.9 Å². The first-order valence-electron chi connectivity index (χ1n) is 8.68. The molecule has 2 aliphatic rings. The Hall–Kier alpha value is -2.11. The fourth-order valence-corrected chi connectivity index (χ4v) is 3.68. The van der Waals surface area contributed by atoms with Crippen LogP contribution in [-0.4, -0.2) is 29.7 Å². The van der Waals surface area contributed by atoms with Gasteiger partial charge in [-0.2, -0.15) is 0 Å². The fourth-order valence-electron chi connectivity index (χ4n) is 3.68. The molecular weight excluding hydrogens is 355 g/mol. The van der Waals surface area contributed by atoms with Gasteiger partial charge in [-0.1, -0.05) is 36.4 Å². The number of nitrogens with two attached hydrogens (primary N) is 1. The van der Waals surface area contributed by atoms with Gasteiger partial charge in [0.25, 0.3) is 0 Å². The van der Waals surface area contributed by atoms with E-state index >= 15 is 0 Å². The second kappa shape index (κ2) is 7.64. The molecule has 1 saturated carbocycles. The number of hydrogen-bond donors (Lipinski definition) is 1. The standard InChI is InChI=1S/C20H21FN2O2.ClH/c21-15-7-5-14(6-8-15)19-18-4-2-1-3-13(18)9-10-23(19)20(24)25-17-11-16(22)12-17;/h1-8,16-17,19H,9-12,22H2;1H/t16-,17-,19-;/m0./s1. The molecule has 4 rings (SSSR count). The summed E-state index contributed by atoms with van der Waals surface area (Å²) in [4.78, 5) is 14.5. The Labute approximate surface area is 158 Å². The summed E-state index contributed by atoms with van der Waals surface area (Å²) < 4.78 is 19.0. The molecule has 0 unspecified atom stereocenters. The van der Waals surface area contributed by atoms with Crippen molar-refractivity contribution in [1.82, 2.24) is 4.90 Å². The second-order valence-corrected chi connectivity index (χ2v) is 6.83. The third-order valence-electron chi connectivity index (χ3n) is 5.10. The number of benzene rings is 2. The van der Waals surface area contributed by atoms with Crippen LogP contribution in [0.5, 0.6) is 0 Å². The molecule has 1 aliphatic carbocycles. The molecule has 0 aromatic heterocycles. The molecule has 4 nitrogen and oxygen atoms in total. The van der Waals surface area contributed by atoms with Gasteiger partial charge in [-0.15, -0.1) is 12.4 Å². The van der Waals surface area contributed by atoms with Crippen molar-refractivity contribution in [3.8, 4) is 0 Å². The number of carbonyl (C=O) groups excluding carboxylic acids is 1. The molecule has 0 bridgehead atoms. The molecular formula is C20H22ClFN2O2. The van der Waals surface area contributed by atoms with Gasteiger partial charge in [0, 0.05) is 12.6 Å². The molecule has 2 aromatic rings. The van der Waals surface area contributed by atoms with Crippen molar-refractivity contribution in [2.24, 2.45) is 5.73 Å². The Morgan fingerprint density at radius 2 is 1.81 bits per heavy atom. The molecule has 2 N–H and O–H groups in total. The highest BCUT2D eigenvalue weighted by molar-refractivity contribution is 5.85. The Morgan fingerprint density at radius 3 is 2.50 bits per heavy atom. The normalized spacial score (nSPS) is 24.1. The quantitative estimate of drug-likeness (QED) is 0.866. The molecule has 0 radical (unpaired) electrons. The van der Waals surface area contributed by atoms with Crippen LogP contribution in [0.3, 0.4) is 0 Å². The first kappa shape index (κ1) is 18.7. The average molecular weight is 377 g/mol. The van der Waals surface area contributed by atoms with E-state index in [9.17, 15) is 9.18 Å². The van der Waals surface area contributed by atoms with Crippen LogP contribution in [0.15, 0.2) is 48.5 Å². The van der Waals surface area contributed by atoms with Crippen LogP contribution in [0.25, 0.3) is 0 Å². The molecule has 1 amide bonds. The molecule has 1 aliphatic heterocycles. The predicted molar refractivity (Wildman–Crippen MR) is 99.8 cm³/mol. The number of ether oxygens (including phenoxy) is 1. The summed E-state index contributed by atoms with van der Waals surface area (Å²) in [6, 6.07) is 14.3. The summed E-state index contributed by atoms with van der Waals surface area (Å²) in [6.45, 7) is 0.580. The predicted octanol–water partition coefficient (Wildman–Crippen LogP) is 3.82. The molecule has 1 atom stereocenters. The van der Waals surface area contributed by atoms with E-state index in [-0.39, 0.29) is 42.5 Å². The maximum absolute atomic E-state index is 13.4. The van der Waals surface area contributed by atoms with E-state index in [4.69, 9.17) is 10.5 Å². The van der Waals surface area contributed by atoms with E-state index in [1.54, 1.807) is 17.0 Å². The number of hydrogen-bond acceptors (Lipinski definition) is 3. The molecule has 1 heterocycles. The molecule has 0 spiro atoms. The summed E-state index contributed by atoms with van der Waals surface area (Å²) in [5.74, 6) is -0.287. The molecule has 1 fully saturated rings. The van der Waals surface area contributed by atoms with Crippen LogP contribution < -0.4 is 5.73 Å². The van der Waals surface area contributed by atoms with Crippen LogP contribution in [0.4, 0.5) is 9.18 Å². The number of carbonyl (C=O) groups is 1. The van der Waals surface area contributed by atoms with Crippen LogP contribution in [0, 0.1) is 5.82 Å². The Bertz CT molecular complexity index is 778. The molecule has 138 valence electrons. The van der Waals surface area contributed by atoms with E-state index < -0.39 is 0 Å². The minimum atomic E-state index is -0.319. The van der Waals surface area contributed by atoms with Crippen LogP contribution in [0.1, 0.15) is 35.6 Å². The first-order chi connectivity index (χ1) is 12.1. The fraction of sp³-hybridized carbons (Fsp3) is 0.350. The Kier molecular flexibility index (Phi) is 5.49. The average Bonchev–Trinajstić information content (AvgIpc) is 2.60. The maximum atomic E-state index is 13.4. The lowest BCUT2D eigenvalue weighted by Gasteiger charge is -2.39. The van der Waals surface area contributed by atoms with Gasteiger partial charge in [-0.3, -0.25) is 4.90 Å². The summed E-state index contributed by atoms with van der Waals surface area (Å²) in [5.41, 5.74) is 8.95. The van der Waals surface area contributed by atoms with E-state index in [2.05, 4.69) is 6.07 Å². The second-order valence-electron chi connectivity index (χ2n) is 6.83. The van der Waals surface area contributed by atoms with Gasteiger partial charge in [0.15, 0.2) is 0 Å². The van der Waals surface area contributed by atoms with Crippen LogP contribution in [-0.2, 0) is 11.2 Å². The van der Waals surface area contributed by atoms with Crippen molar-refractivity contribution in [2.75, 3.05) is 6.54 Å². The van der Waals surface area contributed by atoms with Crippen molar-refractivity contribution in [3.05, 3.63) is 71.0 Å². The van der Waals surface area contributed by atoms with Gasteiger partial charge >= 0.3 is 6.09 Å². The Morgan fingerprint density at radius 1 is 1.12 bits per heavy atom. The molecule has 0 saturated heterocycles. The molecule has 6 heteroatoms. The number of rotatable bonds is 2. The zero-order valence-electron chi connectivity index (χ0n) is 14.3. The van der Waals surface area contributed by atoms with Crippen LogP contribution in [0.2, 0.25) is 0 Å². The summed E-state index contributed by atoms with van der Waals surface area (Å²) in [5, 5.41) is 0. The zero-order valence-corrected chi connectivity index (χ0v) is 15.1. The number of fused-ring (bicyclic) bond motifs is 1. The maximum Gasteiger partial charge on any atom is 0.410 e. The van der Waals surface area contributed by atoms with Gasteiger partial charge in [-0.25, -0.2) is 9.18 Å². The van der Waals surface area contributed by atoms with E-state index in [1.807, 2.05) is 18.2 Å². The topological polar surface area (TPSA) is 55.6 Å².